The summed E-state index contributed by atoms with van der Waals surface area (Å²) in [6.45, 7) is 0.0855. The Morgan fingerprint density at radius 1 is 1.50 bits per heavy atom. The average Bonchev–Trinajstić information content (AvgIpc) is 2.46. The Morgan fingerprint density at radius 3 is 2.69 bits per heavy atom. The smallest absolute Gasteiger partial charge is 0.327 e. The molecule has 90 valence electrons. The lowest BCUT2D eigenvalue weighted by molar-refractivity contribution is -0.130. The van der Waals surface area contributed by atoms with E-state index < -0.39 is 11.9 Å². The van der Waals surface area contributed by atoms with E-state index in [1.807, 2.05) is 0 Å². The zero-order valence-electron chi connectivity index (χ0n) is 9.10. The summed E-state index contributed by atoms with van der Waals surface area (Å²) in [5.41, 5.74) is 0. The van der Waals surface area contributed by atoms with Crippen LogP contribution >= 0.6 is 0 Å². The van der Waals surface area contributed by atoms with Crippen molar-refractivity contribution in [3.63, 3.8) is 0 Å². The molecule has 4 amide bonds. The number of likely N-dealkylation sites (N-methyl/N-ethyl adjacent to an activating group) is 1. The molecule has 0 radical (unpaired) electrons. The van der Waals surface area contributed by atoms with Gasteiger partial charge in [-0.15, -0.1) is 0 Å². The molecule has 1 saturated heterocycles. The summed E-state index contributed by atoms with van der Waals surface area (Å²) in [5, 5.41) is 11.0. The fourth-order valence-corrected chi connectivity index (χ4v) is 1.33. The van der Waals surface area contributed by atoms with Gasteiger partial charge in [0.05, 0.1) is 0 Å². The van der Waals surface area contributed by atoms with Crippen molar-refractivity contribution in [2.45, 2.75) is 6.42 Å². The lowest BCUT2D eigenvalue weighted by Crippen LogP contribution is -2.41. The molecule has 0 atom stereocenters. The number of carbonyl (C=O) groups is 3. The molecular weight excluding hydrogens is 214 g/mol. The van der Waals surface area contributed by atoms with E-state index in [1.165, 1.54) is 11.9 Å². The third-order valence-corrected chi connectivity index (χ3v) is 2.19. The quantitative estimate of drug-likeness (QED) is 0.438. The predicted octanol–water partition coefficient (Wildman–Crippen LogP) is -1.62. The van der Waals surface area contributed by atoms with Gasteiger partial charge in [-0.2, -0.15) is 0 Å². The van der Waals surface area contributed by atoms with Crippen LogP contribution in [0, 0.1) is 0 Å². The van der Waals surface area contributed by atoms with Gasteiger partial charge in [-0.25, -0.2) is 4.79 Å². The van der Waals surface area contributed by atoms with Gasteiger partial charge in [0.1, 0.15) is 13.1 Å². The molecule has 0 aromatic carbocycles. The zero-order valence-corrected chi connectivity index (χ0v) is 9.10. The molecule has 0 aromatic heterocycles. The highest BCUT2D eigenvalue weighted by Gasteiger charge is 2.34. The number of imide groups is 1. The molecule has 16 heavy (non-hydrogen) atoms. The second-order valence-electron chi connectivity index (χ2n) is 3.55. The second-order valence-corrected chi connectivity index (χ2v) is 3.55. The molecule has 0 aromatic rings. The normalized spacial score (nSPS) is 15.9. The number of urea groups is 1. The van der Waals surface area contributed by atoms with Gasteiger partial charge >= 0.3 is 6.03 Å². The first-order valence-electron chi connectivity index (χ1n) is 4.99. The van der Waals surface area contributed by atoms with E-state index in [0.29, 0.717) is 13.0 Å². The number of aliphatic hydroxyl groups is 1. The molecule has 1 heterocycles. The maximum absolute atomic E-state index is 11.4. The third kappa shape index (κ3) is 2.93. The molecule has 7 nitrogen and oxygen atoms in total. The number of nitrogens with one attached hydrogen (secondary N) is 1. The maximum Gasteiger partial charge on any atom is 0.327 e. The van der Waals surface area contributed by atoms with Crippen molar-refractivity contribution in [2.24, 2.45) is 0 Å². The van der Waals surface area contributed by atoms with Crippen molar-refractivity contribution in [1.82, 2.24) is 15.1 Å². The van der Waals surface area contributed by atoms with Crippen LogP contribution in [0.15, 0.2) is 0 Å². The van der Waals surface area contributed by atoms with Crippen LogP contribution in [-0.2, 0) is 9.59 Å². The van der Waals surface area contributed by atoms with E-state index >= 15 is 0 Å². The summed E-state index contributed by atoms with van der Waals surface area (Å²) in [6.07, 6.45) is 0.452. The largest absolute Gasteiger partial charge is 0.396 e. The summed E-state index contributed by atoms with van der Waals surface area (Å²) in [6, 6.07) is -0.456. The van der Waals surface area contributed by atoms with Crippen LogP contribution in [0.4, 0.5) is 4.79 Å². The minimum Gasteiger partial charge on any atom is -0.396 e. The van der Waals surface area contributed by atoms with Crippen LogP contribution in [0.3, 0.4) is 0 Å². The molecule has 0 spiro atoms. The molecular formula is C9H15N3O4. The van der Waals surface area contributed by atoms with Crippen molar-refractivity contribution >= 4 is 17.8 Å². The van der Waals surface area contributed by atoms with E-state index in [1.54, 1.807) is 0 Å². The lowest BCUT2D eigenvalue weighted by atomic mass is 10.4. The highest BCUT2D eigenvalue weighted by molar-refractivity contribution is 6.04. The lowest BCUT2D eigenvalue weighted by Gasteiger charge is -2.13. The monoisotopic (exact) mass is 229 g/mol. The fourth-order valence-electron chi connectivity index (χ4n) is 1.33. The van der Waals surface area contributed by atoms with Gasteiger partial charge in [0.15, 0.2) is 0 Å². The topological polar surface area (TPSA) is 90.0 Å². The predicted molar refractivity (Wildman–Crippen MR) is 54.5 cm³/mol. The number of aliphatic hydroxyl groups excluding tert-OH is 1. The molecule has 1 rings (SSSR count). The number of nitrogens with zero attached hydrogens (tertiary/aromatic N) is 2. The van der Waals surface area contributed by atoms with Crippen LogP contribution in [0.1, 0.15) is 6.42 Å². The van der Waals surface area contributed by atoms with Gasteiger partial charge < -0.3 is 15.3 Å². The van der Waals surface area contributed by atoms with Crippen molar-refractivity contribution < 1.29 is 19.5 Å². The molecule has 0 aliphatic carbocycles. The Balaban J connectivity index is 2.39. The summed E-state index contributed by atoms with van der Waals surface area (Å²) in [4.78, 5) is 36.2. The second kappa shape index (κ2) is 5.45. The SMILES string of the molecule is CN1CC(=O)N(CC(=O)NCCCO)C1=O. The van der Waals surface area contributed by atoms with Gasteiger partial charge in [0, 0.05) is 20.2 Å². The van der Waals surface area contributed by atoms with Gasteiger partial charge in [-0.3, -0.25) is 14.5 Å². The maximum atomic E-state index is 11.4. The van der Waals surface area contributed by atoms with Crippen molar-refractivity contribution in [3.8, 4) is 0 Å². The standard InChI is InChI=1S/C9H15N3O4/c1-11-6-8(15)12(9(11)16)5-7(14)10-3-2-4-13/h13H,2-6H2,1H3,(H,10,14). The fraction of sp³-hybridized carbons (Fsp3) is 0.667. The van der Waals surface area contributed by atoms with Crippen molar-refractivity contribution in [2.75, 3.05) is 33.3 Å². The summed E-state index contributed by atoms with van der Waals surface area (Å²) in [5.74, 6) is -0.768. The van der Waals surface area contributed by atoms with E-state index in [-0.39, 0.29) is 25.6 Å². The van der Waals surface area contributed by atoms with Gasteiger partial charge in [0.2, 0.25) is 5.91 Å². The Hall–Kier alpha value is -1.63. The Labute approximate surface area is 93.0 Å². The first-order chi connectivity index (χ1) is 7.56. The molecule has 1 aliphatic rings. The molecule has 2 N–H and O–H groups in total. The van der Waals surface area contributed by atoms with E-state index in [0.717, 1.165) is 4.90 Å². The molecule has 1 fully saturated rings. The first-order valence-corrected chi connectivity index (χ1v) is 4.99. The molecule has 0 unspecified atom stereocenters. The molecule has 0 saturated carbocycles. The summed E-state index contributed by atoms with van der Waals surface area (Å²) >= 11 is 0. The number of hydrogen-bond acceptors (Lipinski definition) is 4. The number of rotatable bonds is 5. The van der Waals surface area contributed by atoms with Crippen LogP contribution in [0.2, 0.25) is 0 Å². The third-order valence-electron chi connectivity index (χ3n) is 2.19. The first kappa shape index (κ1) is 12.4. The van der Waals surface area contributed by atoms with Crippen LogP contribution in [0.25, 0.3) is 0 Å². The van der Waals surface area contributed by atoms with Crippen molar-refractivity contribution in [1.29, 1.82) is 0 Å². The molecule has 0 bridgehead atoms. The summed E-state index contributed by atoms with van der Waals surface area (Å²) in [7, 11) is 1.50. The summed E-state index contributed by atoms with van der Waals surface area (Å²) < 4.78 is 0. The van der Waals surface area contributed by atoms with E-state index in [4.69, 9.17) is 5.11 Å². The Morgan fingerprint density at radius 2 is 2.19 bits per heavy atom. The van der Waals surface area contributed by atoms with Gasteiger partial charge in [-0.1, -0.05) is 0 Å². The molecule has 7 heteroatoms. The highest BCUT2D eigenvalue weighted by atomic mass is 16.3. The highest BCUT2D eigenvalue weighted by Crippen LogP contribution is 2.06. The zero-order chi connectivity index (χ0) is 12.1. The van der Waals surface area contributed by atoms with Crippen LogP contribution in [-0.4, -0.2) is 66.0 Å². The number of carbonyl (C=O) groups excluding carboxylic acids is 3. The number of amides is 4. The van der Waals surface area contributed by atoms with Crippen LogP contribution < -0.4 is 5.32 Å². The van der Waals surface area contributed by atoms with E-state index in [2.05, 4.69) is 5.32 Å². The van der Waals surface area contributed by atoms with Crippen LogP contribution in [0.5, 0.6) is 0 Å². The van der Waals surface area contributed by atoms with Crippen molar-refractivity contribution in [3.05, 3.63) is 0 Å². The van der Waals surface area contributed by atoms with E-state index in [9.17, 15) is 14.4 Å². The average molecular weight is 229 g/mol. The minimum absolute atomic E-state index is 0.00933. The van der Waals surface area contributed by atoms with Gasteiger partial charge in [0.25, 0.3) is 5.91 Å². The Bertz CT molecular complexity index is 305. The Kier molecular flexibility index (Phi) is 4.24. The number of hydrogen-bond donors (Lipinski definition) is 2. The van der Waals surface area contributed by atoms with Gasteiger partial charge in [-0.05, 0) is 6.42 Å². The minimum atomic E-state index is -0.456. The molecule has 1 aliphatic heterocycles.